The maximum absolute atomic E-state index is 6.42. The maximum atomic E-state index is 6.42. The van der Waals surface area contributed by atoms with Crippen molar-refractivity contribution in [1.82, 2.24) is 0 Å². The number of hydrogen-bond acceptors (Lipinski definition) is 1. The number of benzene rings is 2. The van der Waals surface area contributed by atoms with Gasteiger partial charge >= 0.3 is 0 Å². The molecule has 0 bridgehead atoms. The minimum Gasteiger partial charge on any atom is -0.407 e. The predicted octanol–water partition coefficient (Wildman–Crippen LogP) is 7.29. The molecule has 30 heavy (non-hydrogen) atoms. The average molecular weight is 424 g/mol. The van der Waals surface area contributed by atoms with Crippen LogP contribution in [0, 0.1) is 0 Å². The summed E-state index contributed by atoms with van der Waals surface area (Å²) in [6.07, 6.45) is 19.6. The second-order valence-electron chi connectivity index (χ2n) is 8.51. The maximum Gasteiger partial charge on any atom is 0.282 e. The number of unbranched alkanes of at least 4 members (excludes halogenated alkanes) is 13. The van der Waals surface area contributed by atoms with Gasteiger partial charge in [-0.1, -0.05) is 151 Å². The number of hydrogen-bond donors (Lipinski definition) is 0. The van der Waals surface area contributed by atoms with Gasteiger partial charge in [0.05, 0.1) is 0 Å². The van der Waals surface area contributed by atoms with Crippen molar-refractivity contribution in [3.8, 4) is 0 Å². The van der Waals surface area contributed by atoms with Gasteiger partial charge in [0.1, 0.15) is 0 Å². The molecule has 0 aliphatic rings. The zero-order valence-corrected chi connectivity index (χ0v) is 20.3. The molecule has 0 aliphatic heterocycles. The van der Waals surface area contributed by atoms with Crippen LogP contribution in [0.3, 0.4) is 0 Å². The van der Waals surface area contributed by atoms with Gasteiger partial charge < -0.3 is 4.43 Å². The summed E-state index contributed by atoms with van der Waals surface area (Å²) in [5.74, 6) is 0. The van der Waals surface area contributed by atoms with Crippen molar-refractivity contribution in [1.29, 1.82) is 0 Å². The van der Waals surface area contributed by atoms with Crippen LogP contribution in [-0.2, 0) is 4.43 Å². The molecule has 2 aromatic carbocycles. The quantitative estimate of drug-likeness (QED) is 0.181. The third-order valence-corrected chi connectivity index (χ3v) is 8.02. The summed E-state index contributed by atoms with van der Waals surface area (Å²) in [7, 11) is -1.12. The van der Waals surface area contributed by atoms with Crippen LogP contribution >= 0.6 is 0 Å². The van der Waals surface area contributed by atoms with E-state index in [1.165, 1.54) is 100 Å². The van der Waals surface area contributed by atoms with E-state index >= 15 is 0 Å². The molecule has 1 radical (unpaired) electrons. The van der Waals surface area contributed by atoms with E-state index in [2.05, 4.69) is 67.6 Å². The van der Waals surface area contributed by atoms with Gasteiger partial charge in [0.2, 0.25) is 0 Å². The minimum atomic E-state index is -1.12. The fraction of sp³-hybridized carbons (Fsp3) is 0.571. The zero-order chi connectivity index (χ0) is 21.1. The normalized spacial score (nSPS) is 11.3. The van der Waals surface area contributed by atoms with Gasteiger partial charge in [0.25, 0.3) is 9.04 Å². The van der Waals surface area contributed by atoms with Crippen LogP contribution in [0.15, 0.2) is 60.7 Å². The Morgan fingerprint density at radius 3 is 1.27 bits per heavy atom. The van der Waals surface area contributed by atoms with Crippen molar-refractivity contribution in [3.05, 3.63) is 60.7 Å². The molecule has 2 heteroatoms. The Morgan fingerprint density at radius 2 is 0.867 bits per heavy atom. The Kier molecular flexibility index (Phi) is 14.4. The van der Waals surface area contributed by atoms with Crippen LogP contribution in [-0.4, -0.2) is 15.6 Å². The lowest BCUT2D eigenvalue weighted by Crippen LogP contribution is -2.45. The molecule has 0 heterocycles. The molecular weight excluding hydrogens is 380 g/mol. The highest BCUT2D eigenvalue weighted by Crippen LogP contribution is 2.13. The SMILES string of the molecule is CCCCCCCCCCCCCCCCO[Si](c1ccccc1)c1ccccc1. The Hall–Kier alpha value is -1.38. The molecule has 0 fully saturated rings. The van der Waals surface area contributed by atoms with Crippen molar-refractivity contribution >= 4 is 19.4 Å². The molecule has 0 unspecified atom stereocenters. The summed E-state index contributed by atoms with van der Waals surface area (Å²) in [5, 5.41) is 2.69. The third kappa shape index (κ3) is 11.1. The highest BCUT2D eigenvalue weighted by Gasteiger charge is 2.18. The first-order chi connectivity index (χ1) is 14.9. The first-order valence-corrected chi connectivity index (χ1v) is 13.9. The molecule has 0 amide bonds. The van der Waals surface area contributed by atoms with E-state index in [1.54, 1.807) is 0 Å². The molecule has 2 rings (SSSR count). The smallest absolute Gasteiger partial charge is 0.282 e. The van der Waals surface area contributed by atoms with Gasteiger partial charge in [-0.05, 0) is 16.8 Å². The standard InChI is InChI=1S/C28H43OSi/c1-2-3-4-5-6-7-8-9-10-11-12-13-14-21-26-29-30(27-22-17-15-18-23-27)28-24-19-16-20-25-28/h15-20,22-25H,2-14,21,26H2,1H3. The molecule has 0 aromatic heterocycles. The van der Waals surface area contributed by atoms with Crippen molar-refractivity contribution in [2.75, 3.05) is 6.61 Å². The summed E-state index contributed by atoms with van der Waals surface area (Å²) in [6, 6.07) is 21.5. The van der Waals surface area contributed by atoms with Crippen molar-refractivity contribution in [2.24, 2.45) is 0 Å². The highest BCUT2D eigenvalue weighted by molar-refractivity contribution is 6.80. The third-order valence-electron chi connectivity index (χ3n) is 5.82. The van der Waals surface area contributed by atoms with Crippen LogP contribution in [0.4, 0.5) is 0 Å². The van der Waals surface area contributed by atoms with Crippen LogP contribution in [0.25, 0.3) is 0 Å². The highest BCUT2D eigenvalue weighted by atomic mass is 28.3. The first-order valence-electron chi connectivity index (χ1n) is 12.5. The van der Waals surface area contributed by atoms with Crippen molar-refractivity contribution in [2.45, 2.75) is 96.8 Å². The van der Waals surface area contributed by atoms with E-state index in [-0.39, 0.29) is 0 Å². The summed E-state index contributed by atoms with van der Waals surface area (Å²) >= 11 is 0. The fourth-order valence-corrected chi connectivity index (χ4v) is 5.99. The summed E-state index contributed by atoms with van der Waals surface area (Å²) < 4.78 is 6.42. The Balaban J connectivity index is 1.49. The van der Waals surface area contributed by atoms with Crippen molar-refractivity contribution < 1.29 is 4.43 Å². The molecular formula is C28H43OSi. The van der Waals surface area contributed by atoms with Gasteiger partial charge in [-0.25, -0.2) is 0 Å². The van der Waals surface area contributed by atoms with Gasteiger partial charge in [-0.3, -0.25) is 0 Å². The fourth-order valence-electron chi connectivity index (χ4n) is 3.98. The van der Waals surface area contributed by atoms with E-state index in [1.807, 2.05) is 0 Å². The second-order valence-corrected chi connectivity index (χ2v) is 10.6. The lowest BCUT2D eigenvalue weighted by Gasteiger charge is -2.16. The Bertz CT molecular complexity index is 574. The van der Waals surface area contributed by atoms with E-state index in [9.17, 15) is 0 Å². The minimum absolute atomic E-state index is 0.885. The largest absolute Gasteiger partial charge is 0.407 e. The topological polar surface area (TPSA) is 9.23 Å². The number of rotatable bonds is 18. The van der Waals surface area contributed by atoms with Crippen LogP contribution in [0.2, 0.25) is 0 Å². The molecule has 165 valence electrons. The zero-order valence-electron chi connectivity index (χ0n) is 19.3. The van der Waals surface area contributed by atoms with E-state index < -0.39 is 9.04 Å². The molecule has 0 saturated carbocycles. The van der Waals surface area contributed by atoms with Gasteiger partial charge in [0, 0.05) is 6.61 Å². The summed E-state index contributed by atoms with van der Waals surface area (Å²) in [5.41, 5.74) is 0. The second kappa shape index (κ2) is 17.3. The van der Waals surface area contributed by atoms with Gasteiger partial charge in [-0.15, -0.1) is 0 Å². The summed E-state index contributed by atoms with van der Waals surface area (Å²) in [4.78, 5) is 0. The van der Waals surface area contributed by atoms with Gasteiger partial charge in [-0.2, -0.15) is 0 Å². The Morgan fingerprint density at radius 1 is 0.500 bits per heavy atom. The van der Waals surface area contributed by atoms with Crippen LogP contribution < -0.4 is 10.4 Å². The molecule has 0 saturated heterocycles. The van der Waals surface area contributed by atoms with E-state index in [0.717, 1.165) is 6.61 Å². The molecule has 0 N–H and O–H groups in total. The van der Waals surface area contributed by atoms with Crippen LogP contribution in [0.5, 0.6) is 0 Å². The predicted molar refractivity (Wildman–Crippen MR) is 134 cm³/mol. The first kappa shape index (κ1) is 24.9. The Labute approximate surface area is 188 Å². The molecule has 0 spiro atoms. The summed E-state index contributed by atoms with van der Waals surface area (Å²) in [6.45, 7) is 3.18. The molecule has 2 aromatic rings. The van der Waals surface area contributed by atoms with Gasteiger partial charge in [0.15, 0.2) is 0 Å². The molecule has 0 atom stereocenters. The van der Waals surface area contributed by atoms with Crippen LogP contribution in [0.1, 0.15) is 96.8 Å². The molecule has 0 aliphatic carbocycles. The lowest BCUT2D eigenvalue weighted by atomic mass is 10.0. The molecule has 1 nitrogen and oxygen atoms in total. The monoisotopic (exact) mass is 423 g/mol. The van der Waals surface area contributed by atoms with Crippen molar-refractivity contribution in [3.63, 3.8) is 0 Å². The van der Waals surface area contributed by atoms with E-state index in [4.69, 9.17) is 4.43 Å². The lowest BCUT2D eigenvalue weighted by molar-refractivity contribution is 0.318. The average Bonchev–Trinajstić information content (AvgIpc) is 2.80. The van der Waals surface area contributed by atoms with E-state index in [0.29, 0.717) is 0 Å².